The number of aromatic nitrogens is 2. The van der Waals surface area contributed by atoms with Gasteiger partial charge < -0.3 is 69.5 Å². The van der Waals surface area contributed by atoms with Crippen molar-refractivity contribution in [2.24, 2.45) is 10.8 Å². The second-order valence-electron chi connectivity index (χ2n) is 20.4. The zero-order chi connectivity index (χ0) is 62.5. The van der Waals surface area contributed by atoms with Crippen molar-refractivity contribution >= 4 is 141 Å². The van der Waals surface area contributed by atoms with Gasteiger partial charge in [-0.25, -0.2) is 8.78 Å². The third-order valence-corrected chi connectivity index (χ3v) is 15.1. The number of rotatable bonds is 26. The van der Waals surface area contributed by atoms with Gasteiger partial charge >= 0.3 is 37.7 Å². The van der Waals surface area contributed by atoms with E-state index in [-0.39, 0.29) is 96.7 Å². The minimum absolute atomic E-state index is 0. The number of carbonyl (C=O) groups excluding carboxylic acids is 6. The summed E-state index contributed by atoms with van der Waals surface area (Å²) in [5.74, 6) is -1.98. The molecule has 0 unspecified atom stereocenters. The van der Waals surface area contributed by atoms with Crippen molar-refractivity contribution in [3.63, 3.8) is 0 Å². The van der Waals surface area contributed by atoms with E-state index in [9.17, 15) is 47.8 Å². The fourth-order valence-electron chi connectivity index (χ4n) is 9.11. The Morgan fingerprint density at radius 2 is 0.854 bits per heavy atom. The summed E-state index contributed by atoms with van der Waals surface area (Å²) in [5.41, 5.74) is -0.123. The number of pyridine rings is 2. The summed E-state index contributed by atoms with van der Waals surface area (Å²) in [6.45, 7) is 0.573. The summed E-state index contributed by atoms with van der Waals surface area (Å²) in [6, 6.07) is 30.5. The average Bonchev–Trinajstić information content (AvgIpc) is 1.83. The van der Waals surface area contributed by atoms with Gasteiger partial charge in [-0.2, -0.15) is 0 Å². The number of methoxy groups -OCH3 is 2. The molecule has 2 aromatic heterocycles. The molecule has 25 heteroatoms. The normalized spacial score (nSPS) is 13.0. The van der Waals surface area contributed by atoms with Crippen LogP contribution in [0.1, 0.15) is 64.2 Å². The Labute approximate surface area is 548 Å². The van der Waals surface area contributed by atoms with Crippen molar-refractivity contribution in [1.82, 2.24) is 9.97 Å². The van der Waals surface area contributed by atoms with Crippen molar-refractivity contribution in [1.29, 1.82) is 0 Å². The Hall–Kier alpha value is -8.54. The van der Waals surface area contributed by atoms with Crippen LogP contribution in [0.4, 0.5) is 31.5 Å². The number of nitrogens with one attached hydrogen (secondary N) is 4. The molecule has 10 rings (SSSR count). The van der Waals surface area contributed by atoms with Crippen LogP contribution in [0, 0.1) is 22.5 Å². The van der Waals surface area contributed by atoms with Gasteiger partial charge in [0.2, 0.25) is 23.6 Å². The number of carbonyl (C=O) groups is 6. The van der Waals surface area contributed by atoms with E-state index in [1.807, 2.05) is 0 Å². The van der Waals surface area contributed by atoms with Crippen LogP contribution in [0.15, 0.2) is 134 Å². The number of ether oxygens (including phenoxy) is 6. The van der Waals surface area contributed by atoms with Crippen molar-refractivity contribution in [2.75, 3.05) is 48.7 Å². The third-order valence-electron chi connectivity index (χ3n) is 14.3. The zero-order valence-corrected chi connectivity index (χ0v) is 51.7. The van der Waals surface area contributed by atoms with Gasteiger partial charge in [0, 0.05) is 58.6 Å². The summed E-state index contributed by atoms with van der Waals surface area (Å²) in [5, 5.41) is 33.6. The molecule has 6 aromatic carbocycles. The predicted octanol–water partition coefficient (Wildman–Crippen LogP) is 10.6. The Balaban J connectivity index is 0.000000228. The van der Waals surface area contributed by atoms with Crippen LogP contribution >= 0.6 is 23.2 Å². The fraction of sp³-hybridized carbons (Fsp3) is 0.250. The molecule has 456 valence electrons. The Morgan fingerprint density at radius 3 is 1.20 bits per heavy atom. The van der Waals surface area contributed by atoms with Crippen LogP contribution in [0.2, 0.25) is 10.0 Å². The van der Waals surface area contributed by atoms with Crippen LogP contribution in [0.3, 0.4) is 0 Å². The molecule has 0 bridgehead atoms. The number of nitrogens with zero attached hydrogens (tertiary/aromatic N) is 2. The average molecular weight is 1280 g/mol. The van der Waals surface area contributed by atoms with E-state index in [4.69, 9.17) is 51.6 Å². The van der Waals surface area contributed by atoms with Gasteiger partial charge in [0.15, 0.2) is 23.0 Å². The number of hydrogen-bond acceptors (Lipinski definition) is 16. The molecule has 4 amide bonds. The summed E-state index contributed by atoms with van der Waals surface area (Å²) in [4.78, 5) is 82.4. The van der Waals surface area contributed by atoms with Gasteiger partial charge in [0.05, 0.1) is 49.8 Å². The Morgan fingerprint density at radius 1 is 0.483 bits per heavy atom. The smallest absolute Gasteiger partial charge is 0.550 e. The van der Waals surface area contributed by atoms with E-state index < -0.39 is 58.0 Å². The van der Waals surface area contributed by atoms with Crippen molar-refractivity contribution in [3.05, 3.63) is 155 Å². The van der Waals surface area contributed by atoms with Gasteiger partial charge in [-0.15, -0.1) is 0 Å². The van der Waals surface area contributed by atoms with Gasteiger partial charge in [0.1, 0.15) is 55.5 Å². The van der Waals surface area contributed by atoms with Crippen LogP contribution in [0.5, 0.6) is 46.0 Å². The van der Waals surface area contributed by atoms with Gasteiger partial charge in [-0.1, -0.05) is 35.3 Å². The first-order chi connectivity index (χ1) is 42.4. The SMILES string of the molecule is COc1cc2c(Oc3cccc(NC(=O)C4(C(=O)Nc5ccc(F)cc5)CC4)c3Cl)ccnc2cc1OCCCCC(=O)[O-].COc1cc2c(Oc3cccc(NC(=O)C4(C(=O)Nc5ccc(F)cc5)CC4)c3Cl)ccnc2cc1OCCCCC(=O)[O-].[Ca+2]. The predicted molar refractivity (Wildman–Crippen MR) is 325 cm³/mol. The van der Waals surface area contributed by atoms with Gasteiger partial charge in [-0.05, 0) is 161 Å². The zero-order valence-electron chi connectivity index (χ0n) is 48.0. The molecule has 20 nitrogen and oxygen atoms in total. The number of unbranched alkanes of at least 4 members (excludes halogenated alkanes) is 2. The number of amides is 4. The van der Waals surface area contributed by atoms with Crippen molar-refractivity contribution in [2.45, 2.75) is 64.2 Å². The van der Waals surface area contributed by atoms with E-state index in [1.54, 1.807) is 85.2 Å². The molecule has 2 saturated carbocycles. The number of halogens is 4. The first-order valence-electron chi connectivity index (χ1n) is 27.7. The maximum atomic E-state index is 13.2. The summed E-state index contributed by atoms with van der Waals surface area (Å²) in [6.07, 6.45) is 6.38. The number of carboxylic acids is 2. The third kappa shape index (κ3) is 16.6. The molecule has 0 aliphatic heterocycles. The minimum atomic E-state index is -1.26. The van der Waals surface area contributed by atoms with E-state index in [0.717, 1.165) is 0 Å². The van der Waals surface area contributed by atoms with Crippen LogP contribution in [-0.4, -0.2) is 111 Å². The molecule has 2 aliphatic carbocycles. The molecular formula is C64H56CaCl2F2N6O14. The molecule has 89 heavy (non-hydrogen) atoms. The number of aliphatic carboxylic acids is 2. The first kappa shape index (κ1) is 66.4. The molecule has 0 spiro atoms. The molecule has 2 aliphatic rings. The van der Waals surface area contributed by atoms with Crippen LogP contribution < -0.4 is 59.9 Å². The van der Waals surface area contributed by atoms with Crippen LogP contribution in [0.25, 0.3) is 21.8 Å². The summed E-state index contributed by atoms with van der Waals surface area (Å²) < 4.78 is 61.4. The monoisotopic (exact) mass is 1280 g/mol. The Kier molecular flexibility index (Phi) is 22.5. The maximum absolute atomic E-state index is 13.2. The van der Waals surface area contributed by atoms with Crippen molar-refractivity contribution < 1.29 is 76.2 Å². The number of carboxylic acid groups (broad SMARTS) is 2. The van der Waals surface area contributed by atoms with Crippen LogP contribution in [-0.2, 0) is 28.8 Å². The molecular weight excluding hydrogens is 1230 g/mol. The first-order valence-corrected chi connectivity index (χ1v) is 28.4. The van der Waals surface area contributed by atoms with E-state index in [2.05, 4.69) is 31.2 Å². The molecule has 0 saturated heterocycles. The standard InChI is InChI=1S/2C32H29ClFN3O7.Ca/c2*1-42-26-17-21-23(18-27(26)43-16-3-2-7-28(38)39)35-15-12-24(21)44-25-6-4-5-22(29(25)33)37-31(41)32(13-14-32)30(40)36-20-10-8-19(34)9-11-20;/h2*4-6,8-12,15,17-18H,2-3,7,13-14,16H2,1H3,(H,36,40)(H,37,41)(H,38,39);/q;;+2/p-2. The molecule has 2 heterocycles. The van der Waals surface area contributed by atoms with Crippen molar-refractivity contribution in [3.8, 4) is 46.0 Å². The molecule has 0 atom stereocenters. The quantitative estimate of drug-likeness (QED) is 0.0223. The molecule has 8 aromatic rings. The number of benzene rings is 6. The largest absolute Gasteiger partial charge is 2.00 e. The second kappa shape index (κ2) is 30.1. The second-order valence-corrected chi connectivity index (χ2v) is 21.2. The minimum Gasteiger partial charge on any atom is -0.550 e. The molecule has 0 radical (unpaired) electrons. The fourth-order valence-corrected chi connectivity index (χ4v) is 9.54. The maximum Gasteiger partial charge on any atom is 2.00 e. The summed E-state index contributed by atoms with van der Waals surface area (Å²) in [7, 11) is 2.99. The van der Waals surface area contributed by atoms with Gasteiger partial charge in [-0.3, -0.25) is 29.1 Å². The number of fused-ring (bicyclic) bond motifs is 2. The molecule has 2 fully saturated rings. The van der Waals surface area contributed by atoms with E-state index in [1.165, 1.54) is 62.8 Å². The number of anilines is 4. The Bertz CT molecular complexity index is 3680. The topological polar surface area (TPSA) is 278 Å². The van der Waals surface area contributed by atoms with Gasteiger partial charge in [0.25, 0.3) is 0 Å². The van der Waals surface area contributed by atoms with E-state index in [0.29, 0.717) is 119 Å². The van der Waals surface area contributed by atoms with E-state index >= 15 is 0 Å². The molecule has 4 N–H and O–H groups in total. The number of hydrogen-bond donors (Lipinski definition) is 4. The summed E-state index contributed by atoms with van der Waals surface area (Å²) >= 11 is 13.3.